The fourth-order valence-corrected chi connectivity index (χ4v) is 1.73. The zero-order valence-electron chi connectivity index (χ0n) is 7.79. The predicted molar refractivity (Wildman–Crippen MR) is 50.6 cm³/mol. The molecule has 0 aliphatic carbocycles. The Labute approximate surface area is 81.6 Å². The molecule has 0 spiro atoms. The highest BCUT2D eigenvalue weighted by atomic mass is 19.3. The molecule has 0 atom stereocenters. The van der Waals surface area contributed by atoms with Crippen molar-refractivity contribution in [2.75, 3.05) is 18.0 Å². The van der Waals surface area contributed by atoms with E-state index in [0.717, 1.165) is 31.6 Å². The summed E-state index contributed by atoms with van der Waals surface area (Å²) in [4.78, 5) is 5.75. The summed E-state index contributed by atoms with van der Waals surface area (Å²) in [5, 5.41) is 0. The van der Waals surface area contributed by atoms with Crippen LogP contribution in [0.4, 0.5) is 14.5 Å². The molecule has 0 aromatic carbocycles. The summed E-state index contributed by atoms with van der Waals surface area (Å²) in [6.07, 6.45) is 1.27. The first-order valence-corrected chi connectivity index (χ1v) is 4.76. The van der Waals surface area contributed by atoms with Crippen LogP contribution in [0.25, 0.3) is 0 Å². The Hall–Kier alpha value is -1.19. The largest absolute Gasteiger partial charge is 0.371 e. The van der Waals surface area contributed by atoms with E-state index in [0.29, 0.717) is 0 Å². The zero-order chi connectivity index (χ0) is 9.97. The lowest BCUT2D eigenvalue weighted by Gasteiger charge is -2.17. The highest BCUT2D eigenvalue weighted by Crippen LogP contribution is 2.24. The first-order valence-electron chi connectivity index (χ1n) is 4.76. The first kappa shape index (κ1) is 9.37. The number of nitrogens with zero attached hydrogens (tertiary/aromatic N) is 2. The lowest BCUT2D eigenvalue weighted by Crippen LogP contribution is -2.17. The van der Waals surface area contributed by atoms with Crippen LogP contribution in [-0.2, 0) is 0 Å². The molecule has 2 rings (SSSR count). The van der Waals surface area contributed by atoms with Crippen LogP contribution < -0.4 is 4.90 Å². The monoisotopic (exact) mass is 198 g/mol. The van der Waals surface area contributed by atoms with E-state index in [1.807, 2.05) is 0 Å². The van der Waals surface area contributed by atoms with Crippen LogP contribution in [-0.4, -0.2) is 18.1 Å². The molecule has 2 heterocycles. The van der Waals surface area contributed by atoms with Crippen LogP contribution in [0.15, 0.2) is 18.3 Å². The third-order valence-electron chi connectivity index (χ3n) is 2.46. The number of hydrogen-bond acceptors (Lipinski definition) is 2. The molecular weight excluding hydrogens is 186 g/mol. The Bertz CT molecular complexity index is 309. The summed E-state index contributed by atoms with van der Waals surface area (Å²) in [7, 11) is 0. The third kappa shape index (κ3) is 1.84. The SMILES string of the molecule is FC(F)c1cc(N2CCCC2)ccn1. The Balaban J connectivity index is 2.21. The van der Waals surface area contributed by atoms with Crippen molar-refractivity contribution in [2.24, 2.45) is 0 Å². The molecule has 0 bridgehead atoms. The highest BCUT2D eigenvalue weighted by molar-refractivity contribution is 5.47. The predicted octanol–water partition coefficient (Wildman–Crippen LogP) is 2.62. The van der Waals surface area contributed by atoms with Gasteiger partial charge < -0.3 is 4.90 Å². The van der Waals surface area contributed by atoms with Crippen LogP contribution in [0.1, 0.15) is 25.0 Å². The summed E-state index contributed by atoms with van der Waals surface area (Å²) >= 11 is 0. The van der Waals surface area contributed by atoms with Crippen LogP contribution in [0.2, 0.25) is 0 Å². The topological polar surface area (TPSA) is 16.1 Å². The number of pyridine rings is 1. The number of aromatic nitrogens is 1. The molecule has 76 valence electrons. The minimum absolute atomic E-state index is 0.130. The van der Waals surface area contributed by atoms with Gasteiger partial charge in [0.15, 0.2) is 0 Å². The summed E-state index contributed by atoms with van der Waals surface area (Å²) in [6, 6.07) is 3.27. The normalized spacial score (nSPS) is 16.6. The lowest BCUT2D eigenvalue weighted by atomic mass is 10.3. The Morgan fingerprint density at radius 1 is 1.29 bits per heavy atom. The standard InChI is InChI=1S/C10H12F2N2/c11-10(12)9-7-8(3-4-13-9)14-5-1-2-6-14/h3-4,7,10H,1-2,5-6H2. The van der Waals surface area contributed by atoms with Gasteiger partial charge in [-0.3, -0.25) is 4.98 Å². The number of halogens is 2. The fourth-order valence-electron chi connectivity index (χ4n) is 1.73. The molecular formula is C10H12F2N2. The maximum absolute atomic E-state index is 12.4. The van der Waals surface area contributed by atoms with E-state index in [-0.39, 0.29) is 5.69 Å². The first-order chi connectivity index (χ1) is 6.77. The average molecular weight is 198 g/mol. The molecule has 1 aromatic rings. The van der Waals surface area contributed by atoms with Crippen molar-refractivity contribution >= 4 is 5.69 Å². The van der Waals surface area contributed by atoms with E-state index in [2.05, 4.69) is 9.88 Å². The van der Waals surface area contributed by atoms with Crippen LogP contribution >= 0.6 is 0 Å². The zero-order valence-corrected chi connectivity index (χ0v) is 7.79. The molecule has 4 heteroatoms. The summed E-state index contributed by atoms with van der Waals surface area (Å²) in [5.74, 6) is 0. The van der Waals surface area contributed by atoms with Gasteiger partial charge in [0.2, 0.25) is 0 Å². The molecule has 14 heavy (non-hydrogen) atoms. The summed E-state index contributed by atoms with van der Waals surface area (Å²) in [5.41, 5.74) is 0.738. The number of rotatable bonds is 2. The maximum Gasteiger partial charge on any atom is 0.280 e. The summed E-state index contributed by atoms with van der Waals surface area (Å²) in [6.45, 7) is 1.93. The van der Waals surface area contributed by atoms with Crippen LogP contribution in [0.5, 0.6) is 0 Å². The maximum atomic E-state index is 12.4. The van der Waals surface area contributed by atoms with Gasteiger partial charge in [0.25, 0.3) is 6.43 Å². The van der Waals surface area contributed by atoms with Crippen molar-refractivity contribution < 1.29 is 8.78 Å². The average Bonchev–Trinajstić information content (AvgIpc) is 2.71. The van der Waals surface area contributed by atoms with Crippen molar-refractivity contribution in [2.45, 2.75) is 19.3 Å². The molecule has 1 aliphatic heterocycles. The van der Waals surface area contributed by atoms with Gasteiger partial charge in [-0.05, 0) is 25.0 Å². The van der Waals surface area contributed by atoms with Gasteiger partial charge in [-0.15, -0.1) is 0 Å². The molecule has 0 saturated carbocycles. The van der Waals surface area contributed by atoms with Gasteiger partial charge in [0.05, 0.1) is 0 Å². The van der Waals surface area contributed by atoms with Gasteiger partial charge in [0, 0.05) is 25.0 Å². The van der Waals surface area contributed by atoms with Crippen molar-refractivity contribution in [1.82, 2.24) is 4.98 Å². The molecule has 0 radical (unpaired) electrons. The number of hydrogen-bond donors (Lipinski definition) is 0. The second kappa shape index (κ2) is 3.90. The summed E-state index contributed by atoms with van der Waals surface area (Å²) < 4.78 is 24.7. The quantitative estimate of drug-likeness (QED) is 0.726. The molecule has 0 amide bonds. The second-order valence-electron chi connectivity index (χ2n) is 3.43. The Morgan fingerprint density at radius 2 is 2.00 bits per heavy atom. The van der Waals surface area contributed by atoms with Gasteiger partial charge in [-0.1, -0.05) is 0 Å². The van der Waals surface area contributed by atoms with E-state index >= 15 is 0 Å². The van der Waals surface area contributed by atoms with Crippen LogP contribution in [0, 0.1) is 0 Å². The highest BCUT2D eigenvalue weighted by Gasteiger charge is 2.15. The molecule has 2 nitrogen and oxygen atoms in total. The number of alkyl halides is 2. The lowest BCUT2D eigenvalue weighted by molar-refractivity contribution is 0.146. The molecule has 1 aromatic heterocycles. The van der Waals surface area contributed by atoms with Crippen molar-refractivity contribution in [3.05, 3.63) is 24.0 Å². The Morgan fingerprint density at radius 3 is 2.64 bits per heavy atom. The van der Waals surface area contributed by atoms with E-state index in [9.17, 15) is 8.78 Å². The molecule has 0 N–H and O–H groups in total. The third-order valence-corrected chi connectivity index (χ3v) is 2.46. The molecule has 1 fully saturated rings. The van der Waals surface area contributed by atoms with Gasteiger partial charge in [-0.25, -0.2) is 8.78 Å². The number of anilines is 1. The van der Waals surface area contributed by atoms with E-state index in [1.165, 1.54) is 12.3 Å². The Kier molecular flexibility index (Phi) is 2.61. The molecule has 1 saturated heterocycles. The smallest absolute Gasteiger partial charge is 0.280 e. The minimum atomic E-state index is -2.47. The molecule has 1 aliphatic rings. The van der Waals surface area contributed by atoms with Crippen molar-refractivity contribution in [3.63, 3.8) is 0 Å². The van der Waals surface area contributed by atoms with Gasteiger partial charge in [0.1, 0.15) is 5.69 Å². The fraction of sp³-hybridized carbons (Fsp3) is 0.500. The van der Waals surface area contributed by atoms with Crippen LogP contribution in [0.3, 0.4) is 0 Å². The molecule has 0 unspecified atom stereocenters. The second-order valence-corrected chi connectivity index (χ2v) is 3.43. The van der Waals surface area contributed by atoms with Gasteiger partial charge in [-0.2, -0.15) is 0 Å². The van der Waals surface area contributed by atoms with E-state index in [1.54, 1.807) is 6.07 Å². The minimum Gasteiger partial charge on any atom is -0.371 e. The van der Waals surface area contributed by atoms with E-state index < -0.39 is 6.43 Å². The van der Waals surface area contributed by atoms with E-state index in [4.69, 9.17) is 0 Å². The van der Waals surface area contributed by atoms with Gasteiger partial charge >= 0.3 is 0 Å². The van der Waals surface area contributed by atoms with Crippen molar-refractivity contribution in [3.8, 4) is 0 Å². The van der Waals surface area contributed by atoms with Crippen molar-refractivity contribution in [1.29, 1.82) is 0 Å².